The molecule has 2 N–H and O–H groups in total. The van der Waals surface area contributed by atoms with E-state index < -0.39 is 6.09 Å². The summed E-state index contributed by atoms with van der Waals surface area (Å²) in [7, 11) is 0. The molecule has 2 aliphatic rings. The molecule has 0 aromatic heterocycles. The SMILES string of the molecule is Cl.O=C(O)N1C[C@@H]2CNCCc3ccc(Cl)c1c32. The molecule has 0 radical (unpaired) electrons. The second-order valence-electron chi connectivity index (χ2n) is 4.51. The number of nitrogens with one attached hydrogen (secondary N) is 1. The Morgan fingerprint density at radius 2 is 2.28 bits per heavy atom. The fourth-order valence-electron chi connectivity index (χ4n) is 2.81. The van der Waals surface area contributed by atoms with Gasteiger partial charge < -0.3 is 10.4 Å². The van der Waals surface area contributed by atoms with Crippen molar-refractivity contribution in [2.45, 2.75) is 12.3 Å². The van der Waals surface area contributed by atoms with Crippen LogP contribution < -0.4 is 10.2 Å². The fraction of sp³-hybridized carbons (Fsp3) is 0.417. The van der Waals surface area contributed by atoms with Crippen LogP contribution in [0.3, 0.4) is 0 Å². The maximum Gasteiger partial charge on any atom is 0.411 e. The molecule has 0 saturated carbocycles. The average Bonchev–Trinajstić information content (AvgIpc) is 2.57. The van der Waals surface area contributed by atoms with Gasteiger partial charge >= 0.3 is 6.09 Å². The van der Waals surface area contributed by atoms with Crippen molar-refractivity contribution in [1.82, 2.24) is 5.32 Å². The molecular weight excluding hydrogens is 275 g/mol. The first-order valence-electron chi connectivity index (χ1n) is 5.71. The summed E-state index contributed by atoms with van der Waals surface area (Å²) in [6, 6.07) is 3.83. The van der Waals surface area contributed by atoms with Gasteiger partial charge in [0.05, 0.1) is 10.7 Å². The first kappa shape index (κ1) is 13.5. The lowest BCUT2D eigenvalue weighted by Crippen LogP contribution is -2.31. The Hall–Kier alpha value is -0.970. The second kappa shape index (κ2) is 4.96. The standard InChI is InChI=1S/C12H13ClN2O2.ClH/c13-9-2-1-7-3-4-14-5-8-6-15(12(16)17)11(9)10(7)8;/h1-2,8,14H,3-6H2,(H,16,17);1H/t8-;/m0./s1. The van der Waals surface area contributed by atoms with Crippen LogP contribution in [-0.2, 0) is 6.42 Å². The highest BCUT2D eigenvalue weighted by molar-refractivity contribution is 6.34. The van der Waals surface area contributed by atoms with Crippen molar-refractivity contribution in [3.63, 3.8) is 0 Å². The van der Waals surface area contributed by atoms with Crippen molar-refractivity contribution in [1.29, 1.82) is 0 Å². The van der Waals surface area contributed by atoms with Crippen molar-refractivity contribution in [3.05, 3.63) is 28.3 Å². The molecule has 0 bridgehead atoms. The molecule has 2 aliphatic heterocycles. The van der Waals surface area contributed by atoms with E-state index in [-0.39, 0.29) is 18.3 Å². The van der Waals surface area contributed by atoms with Crippen LogP contribution in [0.4, 0.5) is 10.5 Å². The fourth-order valence-corrected chi connectivity index (χ4v) is 3.08. The molecule has 0 saturated heterocycles. The molecule has 0 unspecified atom stereocenters. The lowest BCUT2D eigenvalue weighted by atomic mass is 9.95. The van der Waals surface area contributed by atoms with Crippen molar-refractivity contribution in [3.8, 4) is 0 Å². The summed E-state index contributed by atoms with van der Waals surface area (Å²) in [5.41, 5.74) is 3.05. The van der Waals surface area contributed by atoms with E-state index in [0.717, 1.165) is 25.1 Å². The molecule has 2 heterocycles. The second-order valence-corrected chi connectivity index (χ2v) is 4.92. The van der Waals surface area contributed by atoms with Crippen LogP contribution in [0, 0.1) is 0 Å². The maximum atomic E-state index is 11.2. The van der Waals surface area contributed by atoms with E-state index in [1.807, 2.05) is 6.07 Å². The van der Waals surface area contributed by atoms with Crippen molar-refractivity contribution < 1.29 is 9.90 Å². The summed E-state index contributed by atoms with van der Waals surface area (Å²) < 4.78 is 0. The number of hydrogen-bond acceptors (Lipinski definition) is 2. The summed E-state index contributed by atoms with van der Waals surface area (Å²) in [6.45, 7) is 2.27. The smallest absolute Gasteiger partial charge is 0.411 e. The predicted octanol–water partition coefficient (Wildman–Crippen LogP) is 2.49. The van der Waals surface area contributed by atoms with Crippen LogP contribution in [0.5, 0.6) is 0 Å². The molecule has 6 heteroatoms. The van der Waals surface area contributed by atoms with E-state index in [0.29, 0.717) is 17.3 Å². The maximum absolute atomic E-state index is 11.2. The summed E-state index contributed by atoms with van der Waals surface area (Å²) >= 11 is 6.15. The van der Waals surface area contributed by atoms with E-state index in [2.05, 4.69) is 5.32 Å². The van der Waals surface area contributed by atoms with Gasteiger partial charge in [-0.2, -0.15) is 0 Å². The van der Waals surface area contributed by atoms with E-state index in [9.17, 15) is 9.90 Å². The highest BCUT2D eigenvalue weighted by atomic mass is 35.5. The van der Waals surface area contributed by atoms with Gasteiger partial charge in [0, 0.05) is 19.0 Å². The molecule has 1 aromatic carbocycles. The third-order valence-corrected chi connectivity index (χ3v) is 3.84. The van der Waals surface area contributed by atoms with Crippen LogP contribution in [0.2, 0.25) is 5.02 Å². The van der Waals surface area contributed by atoms with E-state index >= 15 is 0 Å². The van der Waals surface area contributed by atoms with Crippen LogP contribution in [0.15, 0.2) is 12.1 Å². The number of halogens is 2. The van der Waals surface area contributed by atoms with Crippen molar-refractivity contribution in [2.75, 3.05) is 24.5 Å². The predicted molar refractivity (Wildman–Crippen MR) is 73.4 cm³/mol. The number of benzene rings is 1. The molecule has 3 rings (SSSR count). The molecule has 0 spiro atoms. The number of nitrogens with zero attached hydrogens (tertiary/aromatic N) is 1. The Kier molecular flexibility index (Phi) is 3.71. The first-order chi connectivity index (χ1) is 8.18. The Morgan fingerprint density at radius 1 is 1.50 bits per heavy atom. The molecule has 18 heavy (non-hydrogen) atoms. The number of rotatable bonds is 0. The molecular formula is C12H14Cl2N2O2. The number of carboxylic acid groups (broad SMARTS) is 1. The summed E-state index contributed by atoms with van der Waals surface area (Å²) in [4.78, 5) is 12.6. The van der Waals surface area contributed by atoms with Gasteiger partial charge in [-0.1, -0.05) is 17.7 Å². The quantitative estimate of drug-likeness (QED) is 0.771. The van der Waals surface area contributed by atoms with Gasteiger partial charge in [-0.15, -0.1) is 12.4 Å². The Bertz CT molecular complexity index is 493. The van der Waals surface area contributed by atoms with Crippen LogP contribution >= 0.6 is 24.0 Å². The van der Waals surface area contributed by atoms with Crippen molar-refractivity contribution >= 4 is 35.8 Å². The van der Waals surface area contributed by atoms with Gasteiger partial charge in [0.25, 0.3) is 0 Å². The third-order valence-electron chi connectivity index (χ3n) is 3.53. The zero-order valence-corrected chi connectivity index (χ0v) is 11.2. The van der Waals surface area contributed by atoms with Gasteiger partial charge in [-0.3, -0.25) is 4.90 Å². The minimum atomic E-state index is -0.923. The molecule has 98 valence electrons. The molecule has 1 atom stereocenters. The highest BCUT2D eigenvalue weighted by Gasteiger charge is 2.36. The highest BCUT2D eigenvalue weighted by Crippen LogP contribution is 2.43. The topological polar surface area (TPSA) is 52.6 Å². The molecule has 4 nitrogen and oxygen atoms in total. The van der Waals surface area contributed by atoms with Gasteiger partial charge in [-0.05, 0) is 30.2 Å². The van der Waals surface area contributed by atoms with E-state index in [1.54, 1.807) is 6.07 Å². The Labute approximate surface area is 116 Å². The van der Waals surface area contributed by atoms with E-state index in [1.165, 1.54) is 10.5 Å². The largest absolute Gasteiger partial charge is 0.465 e. The van der Waals surface area contributed by atoms with E-state index in [4.69, 9.17) is 11.6 Å². The zero-order chi connectivity index (χ0) is 12.0. The Balaban J connectivity index is 0.00000120. The third kappa shape index (κ3) is 1.94. The number of hydrogen-bond donors (Lipinski definition) is 2. The number of carbonyl (C=O) groups is 1. The molecule has 1 aromatic rings. The van der Waals surface area contributed by atoms with Gasteiger partial charge in [0.15, 0.2) is 0 Å². The minimum Gasteiger partial charge on any atom is -0.465 e. The first-order valence-corrected chi connectivity index (χ1v) is 6.08. The molecule has 1 amide bonds. The molecule has 0 fully saturated rings. The van der Waals surface area contributed by atoms with Crippen LogP contribution in [-0.4, -0.2) is 30.8 Å². The average molecular weight is 289 g/mol. The lowest BCUT2D eigenvalue weighted by Gasteiger charge is -2.15. The van der Waals surface area contributed by atoms with Crippen LogP contribution in [0.25, 0.3) is 0 Å². The monoisotopic (exact) mass is 288 g/mol. The van der Waals surface area contributed by atoms with Gasteiger partial charge in [-0.25, -0.2) is 4.79 Å². The van der Waals surface area contributed by atoms with Gasteiger partial charge in [0.2, 0.25) is 0 Å². The van der Waals surface area contributed by atoms with Crippen molar-refractivity contribution in [2.24, 2.45) is 0 Å². The normalized spacial score (nSPS) is 20.9. The lowest BCUT2D eigenvalue weighted by molar-refractivity contribution is 0.202. The minimum absolute atomic E-state index is 0. The number of anilines is 1. The van der Waals surface area contributed by atoms with Gasteiger partial charge in [0.1, 0.15) is 0 Å². The summed E-state index contributed by atoms with van der Waals surface area (Å²) in [5, 5.41) is 13.1. The number of amides is 1. The zero-order valence-electron chi connectivity index (χ0n) is 9.65. The summed E-state index contributed by atoms with van der Waals surface area (Å²) in [5.74, 6) is 0.234. The Morgan fingerprint density at radius 3 is 3.00 bits per heavy atom. The molecule has 0 aliphatic carbocycles. The summed E-state index contributed by atoms with van der Waals surface area (Å²) in [6.07, 6.45) is 0.0112. The van der Waals surface area contributed by atoms with Crippen LogP contribution in [0.1, 0.15) is 17.0 Å².